The van der Waals surface area contributed by atoms with Gasteiger partial charge in [0, 0.05) is 36.8 Å². The lowest BCUT2D eigenvalue weighted by Crippen LogP contribution is -2.21. The third-order valence-electron chi connectivity index (χ3n) is 2.88. The molecule has 1 heterocycles. The first-order valence-corrected chi connectivity index (χ1v) is 5.77. The first kappa shape index (κ1) is 12.3. The van der Waals surface area contributed by atoms with E-state index in [0.29, 0.717) is 18.1 Å². The van der Waals surface area contributed by atoms with Crippen LogP contribution in [0.4, 0.5) is 5.69 Å². The van der Waals surface area contributed by atoms with Crippen molar-refractivity contribution in [2.24, 2.45) is 0 Å². The Kier molecular flexibility index (Phi) is 3.61. The van der Waals surface area contributed by atoms with Crippen LogP contribution in [0.3, 0.4) is 0 Å². The maximum Gasteiger partial charge on any atom is 0.269 e. The lowest BCUT2D eigenvalue weighted by atomic mass is 10.2. The molecular weight excluding hydrogens is 244 g/mol. The van der Waals surface area contributed by atoms with E-state index in [1.807, 2.05) is 4.90 Å². The summed E-state index contributed by atoms with van der Waals surface area (Å²) in [5.41, 5.74) is 0.777. The summed E-state index contributed by atoms with van der Waals surface area (Å²) in [5, 5.41) is 20.6. The van der Waals surface area contributed by atoms with Crippen LogP contribution in [0.25, 0.3) is 0 Å². The van der Waals surface area contributed by atoms with E-state index in [9.17, 15) is 15.2 Å². The van der Waals surface area contributed by atoms with Crippen LogP contribution in [-0.4, -0.2) is 34.1 Å². The van der Waals surface area contributed by atoms with E-state index in [1.54, 1.807) is 6.07 Å². The van der Waals surface area contributed by atoms with Crippen molar-refractivity contribution >= 4 is 17.3 Å². The molecule has 0 radical (unpaired) electrons. The highest BCUT2D eigenvalue weighted by Crippen LogP contribution is 2.24. The Morgan fingerprint density at radius 3 is 2.94 bits per heavy atom. The minimum atomic E-state index is -0.432. The molecule has 1 aliphatic heterocycles. The van der Waals surface area contributed by atoms with Gasteiger partial charge in [0.05, 0.1) is 11.0 Å². The molecule has 5 nitrogen and oxygen atoms in total. The number of likely N-dealkylation sites (tertiary alicyclic amines) is 1. The molecular formula is C11H13ClN2O3. The maximum atomic E-state index is 10.7. The highest BCUT2D eigenvalue weighted by Gasteiger charge is 2.21. The quantitative estimate of drug-likeness (QED) is 0.662. The average molecular weight is 257 g/mol. The molecule has 0 saturated carbocycles. The van der Waals surface area contributed by atoms with Gasteiger partial charge in [0.15, 0.2) is 0 Å². The van der Waals surface area contributed by atoms with E-state index in [1.165, 1.54) is 12.1 Å². The molecule has 0 amide bonds. The van der Waals surface area contributed by atoms with Crippen LogP contribution in [0.5, 0.6) is 0 Å². The number of rotatable bonds is 3. The number of β-amino-alcohol motifs (C(OH)–C–C–N with tert-alkyl or cyclic N) is 1. The van der Waals surface area contributed by atoms with Gasteiger partial charge in [-0.2, -0.15) is 0 Å². The number of non-ortho nitro benzene ring substituents is 1. The SMILES string of the molecule is O=[N+]([O-])c1ccc(Cl)c(CN2CCC(O)C2)c1. The van der Waals surface area contributed by atoms with Gasteiger partial charge in [-0.3, -0.25) is 15.0 Å². The Morgan fingerprint density at radius 2 is 2.35 bits per heavy atom. The van der Waals surface area contributed by atoms with E-state index < -0.39 is 4.92 Å². The van der Waals surface area contributed by atoms with Crippen molar-refractivity contribution < 1.29 is 10.0 Å². The van der Waals surface area contributed by atoms with Crippen LogP contribution in [0.2, 0.25) is 5.02 Å². The fourth-order valence-corrected chi connectivity index (χ4v) is 2.17. The Hall–Kier alpha value is -1.17. The minimum Gasteiger partial charge on any atom is -0.392 e. The fourth-order valence-electron chi connectivity index (χ4n) is 1.99. The zero-order valence-corrected chi connectivity index (χ0v) is 9.93. The number of nitro groups is 1. The molecule has 1 aromatic rings. The molecule has 92 valence electrons. The van der Waals surface area contributed by atoms with Gasteiger partial charge in [-0.15, -0.1) is 0 Å². The molecule has 0 bridgehead atoms. The number of benzene rings is 1. The molecule has 1 aliphatic rings. The summed E-state index contributed by atoms with van der Waals surface area (Å²) in [7, 11) is 0. The van der Waals surface area contributed by atoms with Crippen LogP contribution in [0, 0.1) is 10.1 Å². The lowest BCUT2D eigenvalue weighted by molar-refractivity contribution is -0.384. The predicted octanol–water partition coefficient (Wildman–Crippen LogP) is 1.81. The Bertz CT molecular complexity index is 439. The number of hydrogen-bond acceptors (Lipinski definition) is 4. The summed E-state index contributed by atoms with van der Waals surface area (Å²) in [5.74, 6) is 0. The second kappa shape index (κ2) is 5.00. The third-order valence-corrected chi connectivity index (χ3v) is 3.25. The molecule has 1 unspecified atom stereocenters. The second-order valence-electron chi connectivity index (χ2n) is 4.21. The molecule has 0 aromatic heterocycles. The number of nitro benzene ring substituents is 1. The topological polar surface area (TPSA) is 66.6 Å². The Morgan fingerprint density at radius 1 is 1.59 bits per heavy atom. The first-order valence-electron chi connectivity index (χ1n) is 5.39. The van der Waals surface area contributed by atoms with Gasteiger partial charge in [-0.1, -0.05) is 11.6 Å². The van der Waals surface area contributed by atoms with Gasteiger partial charge >= 0.3 is 0 Å². The van der Waals surface area contributed by atoms with Gasteiger partial charge in [-0.05, 0) is 18.1 Å². The molecule has 1 fully saturated rings. The zero-order chi connectivity index (χ0) is 12.4. The van der Waals surface area contributed by atoms with Crippen molar-refractivity contribution in [1.29, 1.82) is 0 Å². The molecule has 0 aliphatic carbocycles. The van der Waals surface area contributed by atoms with Gasteiger partial charge in [0.2, 0.25) is 0 Å². The van der Waals surface area contributed by atoms with Gasteiger partial charge in [0.1, 0.15) is 0 Å². The van der Waals surface area contributed by atoms with Crippen LogP contribution in [0.15, 0.2) is 18.2 Å². The largest absolute Gasteiger partial charge is 0.392 e. The molecule has 1 saturated heterocycles. The van der Waals surface area contributed by atoms with Crippen molar-refractivity contribution in [3.63, 3.8) is 0 Å². The van der Waals surface area contributed by atoms with E-state index in [0.717, 1.165) is 18.5 Å². The molecule has 1 aromatic carbocycles. The molecule has 1 atom stereocenters. The smallest absolute Gasteiger partial charge is 0.269 e. The van der Waals surface area contributed by atoms with E-state index >= 15 is 0 Å². The monoisotopic (exact) mass is 256 g/mol. The van der Waals surface area contributed by atoms with Crippen molar-refractivity contribution in [3.05, 3.63) is 38.9 Å². The van der Waals surface area contributed by atoms with E-state index in [2.05, 4.69) is 0 Å². The molecule has 1 N–H and O–H groups in total. The second-order valence-corrected chi connectivity index (χ2v) is 4.62. The van der Waals surface area contributed by atoms with E-state index in [-0.39, 0.29) is 11.8 Å². The van der Waals surface area contributed by atoms with Crippen LogP contribution >= 0.6 is 11.6 Å². The average Bonchev–Trinajstić information content (AvgIpc) is 2.67. The summed E-state index contributed by atoms with van der Waals surface area (Å²) < 4.78 is 0. The number of hydrogen-bond donors (Lipinski definition) is 1. The number of halogens is 1. The Labute approximate surface area is 104 Å². The summed E-state index contributed by atoms with van der Waals surface area (Å²) in [6, 6.07) is 4.43. The van der Waals surface area contributed by atoms with Gasteiger partial charge in [0.25, 0.3) is 5.69 Å². The number of nitrogens with zero attached hydrogens (tertiary/aromatic N) is 2. The van der Waals surface area contributed by atoms with Crippen molar-refractivity contribution in [1.82, 2.24) is 4.90 Å². The van der Waals surface area contributed by atoms with Gasteiger partial charge < -0.3 is 5.11 Å². The maximum absolute atomic E-state index is 10.7. The summed E-state index contributed by atoms with van der Waals surface area (Å²) >= 11 is 6.00. The highest BCUT2D eigenvalue weighted by atomic mass is 35.5. The standard InChI is InChI=1S/C11H13ClN2O3/c12-11-2-1-9(14(16)17)5-8(11)6-13-4-3-10(15)7-13/h1-2,5,10,15H,3-4,6-7H2. The van der Waals surface area contributed by atoms with Crippen LogP contribution in [0.1, 0.15) is 12.0 Å². The fraction of sp³-hybridized carbons (Fsp3) is 0.455. The molecule has 0 spiro atoms. The Balaban J connectivity index is 2.14. The molecule has 2 rings (SSSR count). The highest BCUT2D eigenvalue weighted by molar-refractivity contribution is 6.31. The number of aliphatic hydroxyl groups is 1. The summed E-state index contributed by atoms with van der Waals surface area (Å²) in [6.45, 7) is 1.93. The van der Waals surface area contributed by atoms with Crippen molar-refractivity contribution in [2.75, 3.05) is 13.1 Å². The van der Waals surface area contributed by atoms with Gasteiger partial charge in [-0.25, -0.2) is 0 Å². The van der Waals surface area contributed by atoms with E-state index in [4.69, 9.17) is 11.6 Å². The summed E-state index contributed by atoms with van der Waals surface area (Å²) in [4.78, 5) is 12.3. The lowest BCUT2D eigenvalue weighted by Gasteiger charge is -2.15. The van der Waals surface area contributed by atoms with Crippen molar-refractivity contribution in [2.45, 2.75) is 19.1 Å². The first-order chi connectivity index (χ1) is 8.06. The number of aliphatic hydroxyl groups excluding tert-OH is 1. The molecule has 6 heteroatoms. The normalized spacial score (nSPS) is 20.7. The van der Waals surface area contributed by atoms with Crippen LogP contribution < -0.4 is 0 Å². The summed E-state index contributed by atoms with van der Waals surface area (Å²) in [6.07, 6.45) is 0.444. The van der Waals surface area contributed by atoms with Crippen LogP contribution in [-0.2, 0) is 6.54 Å². The molecule has 17 heavy (non-hydrogen) atoms. The minimum absolute atomic E-state index is 0.0455. The third kappa shape index (κ3) is 2.94. The van der Waals surface area contributed by atoms with Crippen molar-refractivity contribution in [3.8, 4) is 0 Å². The zero-order valence-electron chi connectivity index (χ0n) is 9.17. The predicted molar refractivity (Wildman–Crippen MR) is 64.0 cm³/mol.